The number of hydrogen-bond donors (Lipinski definition) is 2. The zero-order chi connectivity index (χ0) is 11.5. The number of aryl methyl sites for hydroxylation is 2. The topological polar surface area (TPSA) is 68.8 Å². The standard InChI is InChI=1S/C11H15N5/c1-8-5-9(7-13-6-8)11(14-12)10-3-4-16(2)15-10/h3-7,11,14H,12H2,1-2H3. The quantitative estimate of drug-likeness (QED) is 0.586. The third kappa shape index (κ3) is 2.10. The Balaban J connectivity index is 2.36. The average molecular weight is 217 g/mol. The maximum absolute atomic E-state index is 5.57. The molecule has 5 nitrogen and oxygen atoms in total. The fourth-order valence-electron chi connectivity index (χ4n) is 1.68. The molecule has 0 fully saturated rings. The van der Waals surface area contributed by atoms with Crippen LogP contribution in [0.1, 0.15) is 22.9 Å². The molecule has 0 aliphatic heterocycles. The Morgan fingerprint density at radius 3 is 2.81 bits per heavy atom. The third-order valence-electron chi connectivity index (χ3n) is 2.43. The van der Waals surface area contributed by atoms with Gasteiger partial charge in [-0.2, -0.15) is 5.10 Å². The lowest BCUT2D eigenvalue weighted by atomic mass is 10.1. The molecule has 0 radical (unpaired) electrons. The highest BCUT2D eigenvalue weighted by molar-refractivity contribution is 5.27. The second-order valence-electron chi connectivity index (χ2n) is 3.81. The minimum atomic E-state index is -0.117. The summed E-state index contributed by atoms with van der Waals surface area (Å²) in [5.74, 6) is 5.57. The third-order valence-corrected chi connectivity index (χ3v) is 2.43. The summed E-state index contributed by atoms with van der Waals surface area (Å²) in [6.45, 7) is 2.00. The highest BCUT2D eigenvalue weighted by Gasteiger charge is 2.15. The van der Waals surface area contributed by atoms with Gasteiger partial charge >= 0.3 is 0 Å². The van der Waals surface area contributed by atoms with E-state index in [1.165, 1.54) is 0 Å². The minimum Gasteiger partial charge on any atom is -0.275 e. The fourth-order valence-corrected chi connectivity index (χ4v) is 1.68. The Morgan fingerprint density at radius 1 is 1.44 bits per heavy atom. The highest BCUT2D eigenvalue weighted by Crippen LogP contribution is 2.19. The van der Waals surface area contributed by atoms with Crippen LogP contribution in [0.4, 0.5) is 0 Å². The van der Waals surface area contributed by atoms with Crippen LogP contribution in [0.15, 0.2) is 30.7 Å². The van der Waals surface area contributed by atoms with Gasteiger partial charge in [-0.3, -0.25) is 15.5 Å². The molecule has 0 saturated carbocycles. The number of pyridine rings is 1. The molecule has 0 spiro atoms. The Hall–Kier alpha value is -1.72. The number of nitrogens with zero attached hydrogens (tertiary/aromatic N) is 3. The Bertz CT molecular complexity index is 477. The first-order chi connectivity index (χ1) is 7.70. The summed E-state index contributed by atoms with van der Waals surface area (Å²) in [7, 11) is 1.88. The van der Waals surface area contributed by atoms with Crippen LogP contribution in [0.25, 0.3) is 0 Å². The maximum Gasteiger partial charge on any atom is 0.0914 e. The molecule has 3 N–H and O–H groups in total. The van der Waals surface area contributed by atoms with Gasteiger partial charge in [0, 0.05) is 25.6 Å². The fraction of sp³-hybridized carbons (Fsp3) is 0.273. The van der Waals surface area contributed by atoms with Crippen molar-refractivity contribution in [2.24, 2.45) is 12.9 Å². The van der Waals surface area contributed by atoms with Crippen LogP contribution in [-0.2, 0) is 7.05 Å². The smallest absolute Gasteiger partial charge is 0.0914 e. The predicted molar refractivity (Wildman–Crippen MR) is 61.3 cm³/mol. The zero-order valence-corrected chi connectivity index (χ0v) is 9.38. The molecule has 2 aromatic heterocycles. The number of hydrazine groups is 1. The van der Waals surface area contributed by atoms with Crippen molar-refractivity contribution in [3.63, 3.8) is 0 Å². The normalized spacial score (nSPS) is 12.7. The summed E-state index contributed by atoms with van der Waals surface area (Å²) >= 11 is 0. The van der Waals surface area contributed by atoms with Crippen molar-refractivity contribution >= 4 is 0 Å². The molecule has 0 saturated heterocycles. The van der Waals surface area contributed by atoms with Gasteiger partial charge in [0.2, 0.25) is 0 Å². The van der Waals surface area contributed by atoms with E-state index < -0.39 is 0 Å². The van der Waals surface area contributed by atoms with Crippen LogP contribution < -0.4 is 11.3 Å². The van der Waals surface area contributed by atoms with Gasteiger partial charge in [0.25, 0.3) is 0 Å². The van der Waals surface area contributed by atoms with Crippen LogP contribution in [0.2, 0.25) is 0 Å². The molecule has 0 bridgehead atoms. The van der Waals surface area contributed by atoms with E-state index in [-0.39, 0.29) is 6.04 Å². The van der Waals surface area contributed by atoms with Crippen molar-refractivity contribution in [3.8, 4) is 0 Å². The molecule has 5 heteroatoms. The van der Waals surface area contributed by atoms with Gasteiger partial charge in [0.1, 0.15) is 0 Å². The van der Waals surface area contributed by atoms with Crippen LogP contribution in [0, 0.1) is 6.92 Å². The number of hydrogen-bond acceptors (Lipinski definition) is 4. The molecule has 0 amide bonds. The molecule has 84 valence electrons. The van der Waals surface area contributed by atoms with E-state index in [0.29, 0.717) is 0 Å². The summed E-state index contributed by atoms with van der Waals surface area (Å²) in [5.41, 5.74) is 5.77. The largest absolute Gasteiger partial charge is 0.275 e. The zero-order valence-electron chi connectivity index (χ0n) is 9.38. The molecule has 2 rings (SSSR count). The Labute approximate surface area is 94.3 Å². The van der Waals surface area contributed by atoms with Crippen LogP contribution in [0.3, 0.4) is 0 Å². The lowest BCUT2D eigenvalue weighted by molar-refractivity contribution is 0.601. The SMILES string of the molecule is Cc1cncc(C(NN)c2ccn(C)n2)c1. The predicted octanol–water partition coefficient (Wildman–Crippen LogP) is 0.676. The number of rotatable bonds is 3. The molecule has 1 unspecified atom stereocenters. The number of nitrogens with two attached hydrogens (primary N) is 1. The van der Waals surface area contributed by atoms with Gasteiger partial charge in [-0.15, -0.1) is 0 Å². The molecule has 0 aliphatic rings. The second-order valence-corrected chi connectivity index (χ2v) is 3.81. The minimum absolute atomic E-state index is 0.117. The number of aromatic nitrogens is 3. The summed E-state index contributed by atoms with van der Waals surface area (Å²) in [4.78, 5) is 4.16. The monoisotopic (exact) mass is 217 g/mol. The molecule has 2 aromatic rings. The van der Waals surface area contributed by atoms with Gasteiger partial charge in [-0.05, 0) is 24.1 Å². The van der Waals surface area contributed by atoms with Crippen molar-refractivity contribution in [3.05, 3.63) is 47.5 Å². The molecule has 0 aromatic carbocycles. The first-order valence-corrected chi connectivity index (χ1v) is 5.08. The van der Waals surface area contributed by atoms with Gasteiger partial charge in [0.15, 0.2) is 0 Å². The van der Waals surface area contributed by atoms with Crippen molar-refractivity contribution in [2.75, 3.05) is 0 Å². The Morgan fingerprint density at radius 2 is 2.25 bits per heavy atom. The second kappa shape index (κ2) is 4.42. The molecule has 16 heavy (non-hydrogen) atoms. The highest BCUT2D eigenvalue weighted by atomic mass is 15.3. The van der Waals surface area contributed by atoms with E-state index in [4.69, 9.17) is 5.84 Å². The first kappa shape index (κ1) is 10.8. The van der Waals surface area contributed by atoms with Crippen molar-refractivity contribution in [1.82, 2.24) is 20.2 Å². The van der Waals surface area contributed by atoms with E-state index in [0.717, 1.165) is 16.8 Å². The van der Waals surface area contributed by atoms with E-state index in [1.54, 1.807) is 10.9 Å². The summed E-state index contributed by atoms with van der Waals surface area (Å²) < 4.78 is 1.75. The molecular formula is C11H15N5. The lowest BCUT2D eigenvalue weighted by Crippen LogP contribution is -2.29. The van der Waals surface area contributed by atoms with Crippen LogP contribution >= 0.6 is 0 Å². The van der Waals surface area contributed by atoms with Gasteiger partial charge in [-0.1, -0.05) is 6.07 Å². The van der Waals surface area contributed by atoms with Gasteiger partial charge < -0.3 is 0 Å². The molecular weight excluding hydrogens is 202 g/mol. The van der Waals surface area contributed by atoms with Crippen LogP contribution in [-0.4, -0.2) is 14.8 Å². The summed E-state index contributed by atoms with van der Waals surface area (Å²) in [5, 5.41) is 4.33. The lowest BCUT2D eigenvalue weighted by Gasteiger charge is -2.13. The van der Waals surface area contributed by atoms with Crippen LogP contribution in [0.5, 0.6) is 0 Å². The van der Waals surface area contributed by atoms with Crippen molar-refractivity contribution in [1.29, 1.82) is 0 Å². The molecule has 1 atom stereocenters. The maximum atomic E-state index is 5.57. The Kier molecular flexibility index (Phi) is 2.98. The molecule has 2 heterocycles. The van der Waals surface area contributed by atoms with Gasteiger partial charge in [-0.25, -0.2) is 5.43 Å². The first-order valence-electron chi connectivity index (χ1n) is 5.08. The average Bonchev–Trinajstić information content (AvgIpc) is 2.66. The van der Waals surface area contributed by atoms with Gasteiger partial charge in [0.05, 0.1) is 11.7 Å². The number of nitrogens with one attached hydrogen (secondary N) is 1. The van der Waals surface area contributed by atoms with Crippen molar-refractivity contribution < 1.29 is 0 Å². The van der Waals surface area contributed by atoms with E-state index in [9.17, 15) is 0 Å². The van der Waals surface area contributed by atoms with E-state index in [2.05, 4.69) is 15.5 Å². The molecule has 0 aliphatic carbocycles. The summed E-state index contributed by atoms with van der Waals surface area (Å²) in [6.07, 6.45) is 5.50. The summed E-state index contributed by atoms with van der Waals surface area (Å²) in [6, 6.07) is 3.87. The van der Waals surface area contributed by atoms with E-state index in [1.807, 2.05) is 38.5 Å². The van der Waals surface area contributed by atoms with Crippen molar-refractivity contribution in [2.45, 2.75) is 13.0 Å². The van der Waals surface area contributed by atoms with E-state index >= 15 is 0 Å².